The van der Waals surface area contributed by atoms with Crippen molar-refractivity contribution in [1.29, 1.82) is 0 Å². The molecule has 5 aromatic rings. The summed E-state index contributed by atoms with van der Waals surface area (Å²) in [6, 6.07) is 20.3. The van der Waals surface area contributed by atoms with Crippen molar-refractivity contribution in [2.45, 2.75) is 12.6 Å². The number of amides is 1. The highest BCUT2D eigenvalue weighted by Crippen LogP contribution is 2.33. The van der Waals surface area contributed by atoms with E-state index < -0.39 is 0 Å². The highest BCUT2D eigenvalue weighted by atomic mass is 16.5. The number of benzene rings is 2. The lowest BCUT2D eigenvalue weighted by atomic mass is 10.1. The molecule has 4 heterocycles. The monoisotopic (exact) mass is 505 g/mol. The molecule has 0 spiro atoms. The van der Waals surface area contributed by atoms with Gasteiger partial charge >= 0.3 is 0 Å². The molecular weight excluding hydrogens is 482 g/mol. The van der Waals surface area contributed by atoms with E-state index in [1.54, 1.807) is 36.8 Å². The van der Waals surface area contributed by atoms with E-state index in [9.17, 15) is 9.90 Å². The van der Waals surface area contributed by atoms with Gasteiger partial charge in [-0.1, -0.05) is 35.5 Å². The maximum atomic E-state index is 11.9. The molecule has 0 radical (unpaired) electrons. The van der Waals surface area contributed by atoms with Gasteiger partial charge < -0.3 is 25.6 Å². The van der Waals surface area contributed by atoms with E-state index in [4.69, 9.17) is 4.52 Å². The van der Waals surface area contributed by atoms with Crippen LogP contribution in [0.2, 0.25) is 0 Å². The first-order valence-corrected chi connectivity index (χ1v) is 12.0. The van der Waals surface area contributed by atoms with E-state index in [1.165, 1.54) is 0 Å². The molecule has 38 heavy (non-hydrogen) atoms. The number of aliphatic hydroxyl groups is 1. The number of hydrogen-bond donors (Lipinski definition) is 4. The van der Waals surface area contributed by atoms with Gasteiger partial charge in [-0.2, -0.15) is 4.98 Å². The summed E-state index contributed by atoms with van der Waals surface area (Å²) >= 11 is 0. The quantitative estimate of drug-likeness (QED) is 0.243. The second-order valence-electron chi connectivity index (χ2n) is 8.74. The molecule has 3 aromatic heterocycles. The van der Waals surface area contributed by atoms with E-state index in [-0.39, 0.29) is 24.4 Å². The van der Waals surface area contributed by atoms with E-state index in [0.29, 0.717) is 35.0 Å². The van der Waals surface area contributed by atoms with Crippen LogP contribution in [0.3, 0.4) is 0 Å². The maximum absolute atomic E-state index is 11.9. The summed E-state index contributed by atoms with van der Waals surface area (Å²) in [4.78, 5) is 25.1. The van der Waals surface area contributed by atoms with Crippen molar-refractivity contribution in [2.24, 2.45) is 0 Å². The van der Waals surface area contributed by atoms with Crippen molar-refractivity contribution in [1.82, 2.24) is 25.4 Å². The molecule has 10 nitrogen and oxygen atoms in total. The first-order chi connectivity index (χ1) is 18.7. The van der Waals surface area contributed by atoms with Gasteiger partial charge in [0, 0.05) is 48.0 Å². The predicted octanol–water partition coefficient (Wildman–Crippen LogP) is 4.33. The number of nitrogens with one attached hydrogen (secondary N) is 3. The minimum absolute atomic E-state index is 0.0674. The molecule has 6 rings (SSSR count). The maximum Gasteiger partial charge on any atom is 0.261 e. The van der Waals surface area contributed by atoms with Crippen molar-refractivity contribution in [3.05, 3.63) is 102 Å². The normalized spacial score (nSPS) is 13.0. The molecule has 1 aliphatic rings. The molecule has 0 saturated carbocycles. The van der Waals surface area contributed by atoms with Crippen LogP contribution in [0.5, 0.6) is 0 Å². The third-order valence-corrected chi connectivity index (χ3v) is 6.27. The highest BCUT2D eigenvalue weighted by molar-refractivity contribution is 5.98. The summed E-state index contributed by atoms with van der Waals surface area (Å²) in [5.41, 5.74) is 5.33. The van der Waals surface area contributed by atoms with Crippen LogP contribution in [0.4, 0.5) is 17.2 Å². The molecule has 4 N–H and O–H groups in total. The van der Waals surface area contributed by atoms with Crippen molar-refractivity contribution in [3.63, 3.8) is 0 Å². The Balaban J connectivity index is 1.35. The zero-order chi connectivity index (χ0) is 25.9. The first kappa shape index (κ1) is 23.3. The summed E-state index contributed by atoms with van der Waals surface area (Å²) in [5.74, 6) is 1.21. The zero-order valence-electron chi connectivity index (χ0n) is 20.1. The summed E-state index contributed by atoms with van der Waals surface area (Å²) in [6.45, 7) is 0.363. The van der Waals surface area contributed by atoms with Crippen LogP contribution in [0, 0.1) is 0 Å². The molecule has 0 unspecified atom stereocenters. The van der Waals surface area contributed by atoms with Crippen LogP contribution < -0.4 is 16.0 Å². The van der Waals surface area contributed by atoms with Gasteiger partial charge in [0.1, 0.15) is 5.82 Å². The standard InChI is InChI=1S/C28H23N7O3/c36-16-24(17-4-2-1-3-5-17)33-23-13-25(32-20-6-7-21-19(12-20)14-31-27(21)37)30-15-22(23)28-34-26(35-38-28)18-8-10-29-11-9-18/h1-13,15,24,36H,14,16H2,(H,31,37)(H2,30,32,33)/t24-/m1/s1. The van der Waals surface area contributed by atoms with Crippen LogP contribution in [0.15, 0.2) is 89.8 Å². The Hall–Kier alpha value is -5.09. The number of rotatable bonds is 8. The van der Waals surface area contributed by atoms with Gasteiger partial charge in [0.25, 0.3) is 11.8 Å². The largest absolute Gasteiger partial charge is 0.394 e. The summed E-state index contributed by atoms with van der Waals surface area (Å²) in [6.07, 6.45) is 4.97. The average molecular weight is 506 g/mol. The molecule has 188 valence electrons. The van der Waals surface area contributed by atoms with Crippen LogP contribution in [-0.2, 0) is 6.54 Å². The van der Waals surface area contributed by atoms with Crippen LogP contribution in [-0.4, -0.2) is 37.7 Å². The smallest absolute Gasteiger partial charge is 0.261 e. The highest BCUT2D eigenvalue weighted by Gasteiger charge is 2.21. The fourth-order valence-electron chi connectivity index (χ4n) is 4.33. The zero-order valence-corrected chi connectivity index (χ0v) is 20.1. The van der Waals surface area contributed by atoms with Gasteiger partial charge in [-0.05, 0) is 41.5 Å². The van der Waals surface area contributed by atoms with Crippen molar-refractivity contribution < 1.29 is 14.4 Å². The summed E-state index contributed by atoms with van der Waals surface area (Å²) in [5, 5.41) is 23.9. The van der Waals surface area contributed by atoms with Gasteiger partial charge in [0.05, 0.1) is 23.9 Å². The van der Waals surface area contributed by atoms with Crippen molar-refractivity contribution in [3.8, 4) is 22.8 Å². The Morgan fingerprint density at radius 2 is 1.87 bits per heavy atom. The van der Waals surface area contributed by atoms with E-state index in [2.05, 4.69) is 36.1 Å². The SMILES string of the molecule is O=C1NCc2cc(Nc3cc(N[C@H](CO)c4ccccc4)c(-c4nc(-c5ccncc5)no4)cn3)ccc21. The van der Waals surface area contributed by atoms with Crippen molar-refractivity contribution in [2.75, 3.05) is 17.2 Å². The molecule has 0 saturated heterocycles. The number of aromatic nitrogens is 4. The fourth-order valence-corrected chi connectivity index (χ4v) is 4.33. The Morgan fingerprint density at radius 3 is 2.68 bits per heavy atom. The molecule has 0 fully saturated rings. The molecule has 0 bridgehead atoms. The number of fused-ring (bicyclic) bond motifs is 1. The van der Waals surface area contributed by atoms with Gasteiger partial charge in [0.2, 0.25) is 5.82 Å². The van der Waals surface area contributed by atoms with Crippen LogP contribution >= 0.6 is 0 Å². The second-order valence-corrected chi connectivity index (χ2v) is 8.74. The second kappa shape index (κ2) is 10.1. The lowest BCUT2D eigenvalue weighted by Gasteiger charge is -2.20. The summed E-state index contributed by atoms with van der Waals surface area (Å²) in [7, 11) is 0. The number of pyridine rings is 2. The number of aliphatic hydroxyl groups excluding tert-OH is 1. The predicted molar refractivity (Wildman–Crippen MR) is 142 cm³/mol. The lowest BCUT2D eigenvalue weighted by Crippen LogP contribution is -2.15. The number of anilines is 3. The molecule has 1 aliphatic heterocycles. The van der Waals surface area contributed by atoms with E-state index in [0.717, 1.165) is 22.4 Å². The van der Waals surface area contributed by atoms with Gasteiger partial charge in [0.15, 0.2) is 0 Å². The third-order valence-electron chi connectivity index (χ3n) is 6.27. The Labute approximate surface area is 217 Å². The average Bonchev–Trinajstić information content (AvgIpc) is 3.60. The molecule has 1 amide bonds. The third kappa shape index (κ3) is 4.67. The minimum Gasteiger partial charge on any atom is -0.394 e. The van der Waals surface area contributed by atoms with Gasteiger partial charge in [-0.3, -0.25) is 9.78 Å². The lowest BCUT2D eigenvalue weighted by molar-refractivity contribution is 0.0965. The molecule has 0 aliphatic carbocycles. The Morgan fingerprint density at radius 1 is 1.03 bits per heavy atom. The fraction of sp³-hybridized carbons (Fsp3) is 0.107. The number of nitrogens with zero attached hydrogens (tertiary/aromatic N) is 4. The molecule has 2 aromatic carbocycles. The van der Waals surface area contributed by atoms with Gasteiger partial charge in [-0.15, -0.1) is 0 Å². The van der Waals surface area contributed by atoms with E-state index >= 15 is 0 Å². The molecule has 10 heteroatoms. The number of carbonyl (C=O) groups is 1. The Bertz CT molecular complexity index is 1590. The Kier molecular flexibility index (Phi) is 6.20. The first-order valence-electron chi connectivity index (χ1n) is 12.0. The minimum atomic E-state index is -0.384. The number of carbonyl (C=O) groups excluding carboxylic acids is 1. The topological polar surface area (TPSA) is 138 Å². The molecular formula is C28H23N7O3. The van der Waals surface area contributed by atoms with Crippen LogP contribution in [0.1, 0.15) is 27.5 Å². The molecule has 1 atom stereocenters. The number of hydrogen-bond acceptors (Lipinski definition) is 9. The summed E-state index contributed by atoms with van der Waals surface area (Å²) < 4.78 is 5.60. The van der Waals surface area contributed by atoms with E-state index in [1.807, 2.05) is 48.5 Å². The van der Waals surface area contributed by atoms with Crippen molar-refractivity contribution >= 4 is 23.1 Å². The van der Waals surface area contributed by atoms with Gasteiger partial charge in [-0.25, -0.2) is 4.98 Å². The van der Waals surface area contributed by atoms with Crippen LogP contribution in [0.25, 0.3) is 22.8 Å².